The Kier molecular flexibility index (Phi) is 3.58. The van der Waals surface area contributed by atoms with Gasteiger partial charge < -0.3 is 14.6 Å². The Hall–Kier alpha value is -0.940. The van der Waals surface area contributed by atoms with E-state index in [4.69, 9.17) is 9.26 Å². The lowest BCUT2D eigenvalue weighted by atomic mass is 9.75. The summed E-state index contributed by atoms with van der Waals surface area (Å²) >= 11 is 0. The van der Waals surface area contributed by atoms with Crippen LogP contribution in [0.25, 0.3) is 0 Å². The van der Waals surface area contributed by atoms with Gasteiger partial charge >= 0.3 is 0 Å². The lowest BCUT2D eigenvalue weighted by Gasteiger charge is -2.34. The molecule has 2 saturated heterocycles. The van der Waals surface area contributed by atoms with Crippen LogP contribution in [-0.2, 0) is 15.8 Å². The van der Waals surface area contributed by atoms with E-state index >= 15 is 0 Å². The maximum Gasteiger partial charge on any atom is 0.232 e. The van der Waals surface area contributed by atoms with Crippen LogP contribution in [-0.4, -0.2) is 29.8 Å². The SMILES string of the molecule is CC1(c2noc(C(C)(C)C3CCCNC3)n2)CCCO1. The minimum atomic E-state index is -0.358. The van der Waals surface area contributed by atoms with Gasteiger partial charge in [-0.05, 0) is 51.6 Å². The van der Waals surface area contributed by atoms with Crippen molar-refractivity contribution in [2.75, 3.05) is 19.7 Å². The molecule has 0 saturated carbocycles. The number of hydrogen-bond acceptors (Lipinski definition) is 5. The largest absolute Gasteiger partial charge is 0.367 e. The number of nitrogens with zero attached hydrogens (tertiary/aromatic N) is 2. The average Bonchev–Trinajstić information content (AvgIpc) is 3.09. The third-order valence-electron chi connectivity index (χ3n) is 4.99. The molecule has 2 fully saturated rings. The molecule has 1 aromatic rings. The van der Waals surface area contributed by atoms with Gasteiger partial charge in [-0.15, -0.1) is 0 Å². The van der Waals surface area contributed by atoms with Crippen LogP contribution < -0.4 is 5.32 Å². The molecule has 3 rings (SSSR count). The molecule has 3 heterocycles. The molecule has 0 amide bonds. The van der Waals surface area contributed by atoms with Crippen LogP contribution in [0.2, 0.25) is 0 Å². The lowest BCUT2D eigenvalue weighted by Crippen LogP contribution is -2.41. The van der Waals surface area contributed by atoms with E-state index in [1.807, 2.05) is 0 Å². The molecule has 0 aromatic carbocycles. The van der Waals surface area contributed by atoms with Crippen molar-refractivity contribution in [3.63, 3.8) is 0 Å². The summed E-state index contributed by atoms with van der Waals surface area (Å²) in [7, 11) is 0. The first-order chi connectivity index (χ1) is 9.52. The van der Waals surface area contributed by atoms with Gasteiger partial charge in [-0.3, -0.25) is 0 Å². The van der Waals surface area contributed by atoms with Crippen molar-refractivity contribution in [3.8, 4) is 0 Å². The highest BCUT2D eigenvalue weighted by atomic mass is 16.5. The number of ether oxygens (including phenoxy) is 1. The number of hydrogen-bond donors (Lipinski definition) is 1. The fourth-order valence-electron chi connectivity index (χ4n) is 3.30. The number of nitrogens with one attached hydrogen (secondary N) is 1. The maximum atomic E-state index is 5.80. The van der Waals surface area contributed by atoms with Gasteiger partial charge in [0.2, 0.25) is 11.7 Å². The molecule has 5 heteroatoms. The van der Waals surface area contributed by atoms with Gasteiger partial charge in [0.05, 0.1) is 0 Å². The van der Waals surface area contributed by atoms with E-state index in [0.717, 1.165) is 38.4 Å². The van der Waals surface area contributed by atoms with Gasteiger partial charge in [0.15, 0.2) is 0 Å². The summed E-state index contributed by atoms with van der Waals surface area (Å²) < 4.78 is 11.4. The van der Waals surface area contributed by atoms with Crippen molar-refractivity contribution in [1.82, 2.24) is 15.5 Å². The zero-order chi connectivity index (χ0) is 14.2. The molecular formula is C15H25N3O2. The quantitative estimate of drug-likeness (QED) is 0.920. The summed E-state index contributed by atoms with van der Waals surface area (Å²) in [4.78, 5) is 4.68. The number of piperidine rings is 1. The molecule has 0 spiro atoms. The monoisotopic (exact) mass is 279 g/mol. The predicted octanol–water partition coefficient (Wildman–Crippen LogP) is 2.37. The van der Waals surface area contributed by atoms with E-state index in [9.17, 15) is 0 Å². The Bertz CT molecular complexity index is 457. The fraction of sp³-hybridized carbons (Fsp3) is 0.867. The summed E-state index contributed by atoms with van der Waals surface area (Å²) in [5.41, 5.74) is -0.448. The second-order valence-corrected chi connectivity index (χ2v) is 6.87. The minimum absolute atomic E-state index is 0.0896. The second-order valence-electron chi connectivity index (χ2n) is 6.87. The van der Waals surface area contributed by atoms with E-state index in [0.29, 0.717) is 11.7 Å². The third-order valence-corrected chi connectivity index (χ3v) is 4.99. The second kappa shape index (κ2) is 5.11. The standard InChI is InChI=1S/C15H25N3O2/c1-14(2,11-6-4-8-16-10-11)13-17-12(18-20-13)15(3)7-5-9-19-15/h11,16H,4-10H2,1-3H3. The Morgan fingerprint density at radius 2 is 2.20 bits per heavy atom. The van der Waals surface area contributed by atoms with Gasteiger partial charge in [-0.1, -0.05) is 19.0 Å². The lowest BCUT2D eigenvalue weighted by molar-refractivity contribution is 0.00768. The molecule has 20 heavy (non-hydrogen) atoms. The van der Waals surface area contributed by atoms with E-state index in [1.165, 1.54) is 12.8 Å². The van der Waals surface area contributed by atoms with E-state index in [1.54, 1.807) is 0 Å². The van der Waals surface area contributed by atoms with Gasteiger partial charge in [0.1, 0.15) is 5.60 Å². The first-order valence-corrected chi connectivity index (χ1v) is 7.72. The molecule has 2 atom stereocenters. The molecule has 1 aromatic heterocycles. The Labute approximate surface area is 120 Å². The van der Waals surface area contributed by atoms with Crippen molar-refractivity contribution < 1.29 is 9.26 Å². The first kappa shape index (κ1) is 14.0. The van der Waals surface area contributed by atoms with Crippen LogP contribution in [0.1, 0.15) is 58.2 Å². The van der Waals surface area contributed by atoms with Crippen molar-refractivity contribution in [2.24, 2.45) is 5.92 Å². The number of rotatable bonds is 3. The topological polar surface area (TPSA) is 60.2 Å². The molecule has 0 aliphatic carbocycles. The summed E-state index contributed by atoms with van der Waals surface area (Å²) in [5.74, 6) is 2.00. The molecule has 112 valence electrons. The zero-order valence-electron chi connectivity index (χ0n) is 12.7. The third kappa shape index (κ3) is 2.37. The van der Waals surface area contributed by atoms with E-state index in [-0.39, 0.29) is 11.0 Å². The van der Waals surface area contributed by atoms with Crippen molar-refractivity contribution in [2.45, 2.75) is 57.5 Å². The summed E-state index contributed by atoms with van der Waals surface area (Å²) in [6, 6.07) is 0. The normalized spacial score (nSPS) is 31.6. The van der Waals surface area contributed by atoms with Gasteiger partial charge in [0, 0.05) is 12.0 Å². The van der Waals surface area contributed by atoms with Gasteiger partial charge in [-0.25, -0.2) is 0 Å². The molecule has 1 N–H and O–H groups in total. The molecular weight excluding hydrogens is 254 g/mol. The first-order valence-electron chi connectivity index (χ1n) is 7.72. The maximum absolute atomic E-state index is 5.80. The Balaban J connectivity index is 1.81. The molecule has 0 bridgehead atoms. The Morgan fingerprint density at radius 3 is 2.85 bits per heavy atom. The van der Waals surface area contributed by atoms with Crippen LogP contribution in [0.15, 0.2) is 4.52 Å². The molecule has 2 unspecified atom stereocenters. The van der Waals surface area contributed by atoms with Crippen LogP contribution in [0, 0.1) is 5.92 Å². The predicted molar refractivity (Wildman–Crippen MR) is 75.5 cm³/mol. The molecule has 2 aliphatic heterocycles. The zero-order valence-corrected chi connectivity index (χ0v) is 12.7. The van der Waals surface area contributed by atoms with Crippen molar-refractivity contribution >= 4 is 0 Å². The Morgan fingerprint density at radius 1 is 1.35 bits per heavy atom. The molecule has 2 aliphatic rings. The summed E-state index contributed by atoms with van der Waals surface area (Å²) in [5, 5.41) is 7.67. The van der Waals surface area contributed by atoms with Gasteiger partial charge in [-0.2, -0.15) is 4.98 Å². The van der Waals surface area contributed by atoms with Gasteiger partial charge in [0.25, 0.3) is 0 Å². The highest BCUT2D eigenvalue weighted by Crippen LogP contribution is 2.38. The van der Waals surface area contributed by atoms with Crippen LogP contribution >= 0.6 is 0 Å². The van der Waals surface area contributed by atoms with Crippen LogP contribution in [0.3, 0.4) is 0 Å². The fourth-order valence-corrected chi connectivity index (χ4v) is 3.30. The van der Waals surface area contributed by atoms with Crippen molar-refractivity contribution in [1.29, 1.82) is 0 Å². The van der Waals surface area contributed by atoms with Crippen LogP contribution in [0.5, 0.6) is 0 Å². The average molecular weight is 279 g/mol. The van der Waals surface area contributed by atoms with Crippen molar-refractivity contribution in [3.05, 3.63) is 11.7 Å². The summed E-state index contributed by atoms with van der Waals surface area (Å²) in [6.07, 6.45) is 4.47. The molecule has 0 radical (unpaired) electrons. The minimum Gasteiger partial charge on any atom is -0.367 e. The van der Waals surface area contributed by atoms with E-state index in [2.05, 4.69) is 36.2 Å². The highest BCUT2D eigenvalue weighted by Gasteiger charge is 2.41. The van der Waals surface area contributed by atoms with Crippen LogP contribution in [0.4, 0.5) is 0 Å². The highest BCUT2D eigenvalue weighted by molar-refractivity contribution is 5.09. The molecule has 5 nitrogen and oxygen atoms in total. The summed E-state index contributed by atoms with van der Waals surface area (Å²) in [6.45, 7) is 9.41. The van der Waals surface area contributed by atoms with E-state index < -0.39 is 0 Å². The number of aromatic nitrogens is 2. The smallest absolute Gasteiger partial charge is 0.232 e.